The Bertz CT molecular complexity index is 709. The van der Waals surface area contributed by atoms with Gasteiger partial charge in [0.2, 0.25) is 0 Å². The smallest absolute Gasteiger partial charge is 0.259 e. The largest absolute Gasteiger partial charge is 0.375 e. The number of benzene rings is 2. The normalized spacial score (nSPS) is 10.7. The first-order valence-electron chi connectivity index (χ1n) is 6.31. The molecule has 2 rings (SSSR count). The lowest BCUT2D eigenvalue weighted by Crippen LogP contribution is -2.26. The summed E-state index contributed by atoms with van der Waals surface area (Å²) in [6, 6.07) is 11.3. The molecular formula is C15H12BrClFN3O. The molecule has 0 atom stereocenters. The number of nitrogens with one attached hydrogen (secondary N) is 2. The SMILES string of the molecule is O=C(CNc1ccc(Cl)cc1Br)NN=Cc1ccccc1F. The third kappa shape index (κ3) is 4.82. The third-order valence-corrected chi connectivity index (χ3v) is 3.56. The highest BCUT2D eigenvalue weighted by atomic mass is 79.9. The monoisotopic (exact) mass is 383 g/mol. The first-order chi connectivity index (χ1) is 10.6. The van der Waals surface area contributed by atoms with Gasteiger partial charge in [-0.3, -0.25) is 4.79 Å². The van der Waals surface area contributed by atoms with Gasteiger partial charge in [-0.05, 0) is 40.2 Å². The average molecular weight is 385 g/mol. The van der Waals surface area contributed by atoms with E-state index in [9.17, 15) is 9.18 Å². The van der Waals surface area contributed by atoms with Gasteiger partial charge in [0.1, 0.15) is 5.82 Å². The van der Waals surface area contributed by atoms with E-state index in [2.05, 4.69) is 31.8 Å². The van der Waals surface area contributed by atoms with E-state index in [-0.39, 0.29) is 12.5 Å². The molecule has 0 bridgehead atoms. The van der Waals surface area contributed by atoms with E-state index < -0.39 is 5.82 Å². The number of hydrogen-bond acceptors (Lipinski definition) is 3. The lowest BCUT2D eigenvalue weighted by Gasteiger charge is -2.07. The molecule has 0 heterocycles. The van der Waals surface area contributed by atoms with Gasteiger partial charge in [-0.2, -0.15) is 5.10 Å². The fourth-order valence-corrected chi connectivity index (χ4v) is 2.42. The standard InChI is InChI=1S/C15H12BrClFN3O/c16-12-7-11(17)5-6-14(12)19-9-15(22)21-20-8-10-3-1-2-4-13(10)18/h1-8,19H,9H2,(H,21,22). The van der Waals surface area contributed by atoms with Crippen molar-refractivity contribution in [2.75, 3.05) is 11.9 Å². The van der Waals surface area contributed by atoms with Crippen LogP contribution in [-0.2, 0) is 4.79 Å². The van der Waals surface area contributed by atoms with Gasteiger partial charge in [-0.1, -0.05) is 29.8 Å². The number of hydrogen-bond donors (Lipinski definition) is 2. The number of hydrazone groups is 1. The Balaban J connectivity index is 1.84. The molecule has 0 unspecified atom stereocenters. The second-order valence-corrected chi connectivity index (χ2v) is 5.58. The van der Waals surface area contributed by atoms with Crippen molar-refractivity contribution in [1.82, 2.24) is 5.43 Å². The highest BCUT2D eigenvalue weighted by Gasteiger charge is 2.03. The quantitative estimate of drug-likeness (QED) is 0.608. The lowest BCUT2D eigenvalue weighted by atomic mass is 10.2. The van der Waals surface area contributed by atoms with Crippen molar-refractivity contribution in [3.63, 3.8) is 0 Å². The van der Waals surface area contributed by atoms with E-state index in [1.165, 1.54) is 12.3 Å². The Morgan fingerprint density at radius 3 is 2.82 bits per heavy atom. The highest BCUT2D eigenvalue weighted by Crippen LogP contribution is 2.25. The minimum Gasteiger partial charge on any atom is -0.375 e. The van der Waals surface area contributed by atoms with Gasteiger partial charge in [-0.15, -0.1) is 0 Å². The van der Waals surface area contributed by atoms with E-state index in [4.69, 9.17) is 11.6 Å². The van der Waals surface area contributed by atoms with Crippen molar-refractivity contribution in [3.05, 3.63) is 63.3 Å². The van der Waals surface area contributed by atoms with Crippen LogP contribution >= 0.6 is 27.5 Å². The second-order valence-electron chi connectivity index (χ2n) is 4.29. The molecule has 114 valence electrons. The maximum absolute atomic E-state index is 13.3. The average Bonchev–Trinajstić information content (AvgIpc) is 2.48. The molecule has 22 heavy (non-hydrogen) atoms. The minimum atomic E-state index is -0.399. The summed E-state index contributed by atoms with van der Waals surface area (Å²) in [7, 11) is 0. The fourth-order valence-electron chi connectivity index (χ4n) is 1.60. The summed E-state index contributed by atoms with van der Waals surface area (Å²) in [4.78, 5) is 11.6. The predicted octanol–water partition coefficient (Wildman–Crippen LogP) is 3.80. The summed E-state index contributed by atoms with van der Waals surface area (Å²) in [6.07, 6.45) is 1.26. The molecule has 0 saturated heterocycles. The summed E-state index contributed by atoms with van der Waals surface area (Å²) < 4.78 is 14.1. The molecule has 2 N–H and O–H groups in total. The topological polar surface area (TPSA) is 53.5 Å². The van der Waals surface area contributed by atoms with Crippen molar-refractivity contribution in [3.8, 4) is 0 Å². The van der Waals surface area contributed by atoms with Gasteiger partial charge >= 0.3 is 0 Å². The van der Waals surface area contributed by atoms with Crippen molar-refractivity contribution < 1.29 is 9.18 Å². The molecule has 1 amide bonds. The molecule has 0 aromatic heterocycles. The van der Waals surface area contributed by atoms with E-state index in [0.29, 0.717) is 10.6 Å². The van der Waals surface area contributed by atoms with Gasteiger partial charge in [-0.25, -0.2) is 9.82 Å². The van der Waals surface area contributed by atoms with Gasteiger partial charge in [0.05, 0.1) is 12.8 Å². The van der Waals surface area contributed by atoms with E-state index in [1.807, 2.05) is 0 Å². The molecule has 0 aliphatic carbocycles. The maximum Gasteiger partial charge on any atom is 0.259 e. The van der Waals surface area contributed by atoms with Crippen molar-refractivity contribution in [2.24, 2.45) is 5.10 Å². The van der Waals surface area contributed by atoms with Crippen LogP contribution in [0.25, 0.3) is 0 Å². The third-order valence-electron chi connectivity index (χ3n) is 2.67. The van der Waals surface area contributed by atoms with Crippen molar-refractivity contribution >= 4 is 45.3 Å². The number of rotatable bonds is 5. The lowest BCUT2D eigenvalue weighted by molar-refractivity contribution is -0.119. The highest BCUT2D eigenvalue weighted by molar-refractivity contribution is 9.10. The first-order valence-corrected chi connectivity index (χ1v) is 7.49. The zero-order valence-corrected chi connectivity index (χ0v) is 13.7. The van der Waals surface area contributed by atoms with Gasteiger partial charge in [0, 0.05) is 20.7 Å². The van der Waals surface area contributed by atoms with Crippen LogP contribution in [0.5, 0.6) is 0 Å². The van der Waals surface area contributed by atoms with Crippen LogP contribution in [0.4, 0.5) is 10.1 Å². The molecule has 0 aliphatic heterocycles. The van der Waals surface area contributed by atoms with Crippen LogP contribution in [0, 0.1) is 5.82 Å². The second kappa shape index (κ2) is 7.91. The number of carbonyl (C=O) groups excluding carboxylic acids is 1. The summed E-state index contributed by atoms with van der Waals surface area (Å²) in [5.41, 5.74) is 3.36. The Morgan fingerprint density at radius 1 is 1.32 bits per heavy atom. The number of anilines is 1. The summed E-state index contributed by atoms with van der Waals surface area (Å²) in [5, 5.41) is 7.24. The molecular weight excluding hydrogens is 373 g/mol. The molecule has 2 aromatic rings. The molecule has 4 nitrogen and oxygen atoms in total. The number of halogens is 3. The number of amides is 1. The fraction of sp³-hybridized carbons (Fsp3) is 0.0667. The summed E-state index contributed by atoms with van der Waals surface area (Å²) >= 11 is 9.17. The zero-order chi connectivity index (χ0) is 15.9. The van der Waals surface area contributed by atoms with Gasteiger partial charge in [0.25, 0.3) is 5.91 Å². The molecule has 0 fully saturated rings. The Labute approximate surface area is 140 Å². The van der Waals surface area contributed by atoms with Gasteiger partial charge < -0.3 is 5.32 Å². The Kier molecular flexibility index (Phi) is 5.91. The Hall–Kier alpha value is -1.92. The molecule has 7 heteroatoms. The first kappa shape index (κ1) is 16.5. The van der Waals surface area contributed by atoms with Crippen molar-refractivity contribution in [2.45, 2.75) is 0 Å². The zero-order valence-electron chi connectivity index (χ0n) is 11.3. The number of carbonyl (C=O) groups is 1. The predicted molar refractivity (Wildman–Crippen MR) is 89.8 cm³/mol. The van der Waals surface area contributed by atoms with Crippen LogP contribution in [0.2, 0.25) is 5.02 Å². The van der Waals surface area contributed by atoms with E-state index in [0.717, 1.165) is 10.2 Å². The Morgan fingerprint density at radius 2 is 2.09 bits per heavy atom. The van der Waals surface area contributed by atoms with Crippen LogP contribution in [0.15, 0.2) is 52.0 Å². The molecule has 2 aromatic carbocycles. The van der Waals surface area contributed by atoms with Crippen LogP contribution in [0.3, 0.4) is 0 Å². The van der Waals surface area contributed by atoms with Crippen LogP contribution in [0.1, 0.15) is 5.56 Å². The van der Waals surface area contributed by atoms with E-state index >= 15 is 0 Å². The van der Waals surface area contributed by atoms with Crippen molar-refractivity contribution in [1.29, 1.82) is 0 Å². The maximum atomic E-state index is 13.3. The summed E-state index contributed by atoms with van der Waals surface area (Å²) in [5.74, 6) is -0.752. The number of nitrogens with zero attached hydrogens (tertiary/aromatic N) is 1. The van der Waals surface area contributed by atoms with E-state index in [1.54, 1.807) is 36.4 Å². The van der Waals surface area contributed by atoms with Crippen LogP contribution < -0.4 is 10.7 Å². The van der Waals surface area contributed by atoms with Gasteiger partial charge in [0.15, 0.2) is 0 Å². The minimum absolute atomic E-state index is 0.0227. The molecule has 0 aliphatic rings. The molecule has 0 saturated carbocycles. The molecule has 0 radical (unpaired) electrons. The van der Waals surface area contributed by atoms with Crippen LogP contribution in [-0.4, -0.2) is 18.7 Å². The summed E-state index contributed by atoms with van der Waals surface area (Å²) in [6.45, 7) is 0.0227. The molecule has 0 spiro atoms.